The number of hydrogen-bond donors (Lipinski definition) is 1. The van der Waals surface area contributed by atoms with Crippen LogP contribution in [0.2, 0.25) is 0 Å². The number of aromatic nitrogens is 1. The summed E-state index contributed by atoms with van der Waals surface area (Å²) >= 11 is 0. The molecule has 2 aromatic rings. The summed E-state index contributed by atoms with van der Waals surface area (Å²) in [5, 5.41) is 2.77. The maximum atomic E-state index is 12.2. The zero-order chi connectivity index (χ0) is 16.2. The van der Waals surface area contributed by atoms with E-state index in [2.05, 4.69) is 10.3 Å². The Kier molecular flexibility index (Phi) is 4.37. The molecule has 1 aliphatic rings. The monoisotopic (exact) mass is 309 g/mol. The van der Waals surface area contributed by atoms with Crippen LogP contribution in [0.4, 0.5) is 5.82 Å². The topological polar surface area (TPSA) is 62.3 Å². The fraction of sp³-hybridized carbons (Fsp3) is 0.278. The largest absolute Gasteiger partial charge is 0.338 e. The number of anilines is 1. The molecule has 0 atom stereocenters. The van der Waals surface area contributed by atoms with E-state index in [1.165, 1.54) is 0 Å². The molecule has 1 fully saturated rings. The maximum absolute atomic E-state index is 12.2. The lowest BCUT2D eigenvalue weighted by atomic mass is 10.1. The highest BCUT2D eigenvalue weighted by atomic mass is 16.2. The number of likely N-dealkylation sites (tertiary alicyclic amines) is 1. The van der Waals surface area contributed by atoms with E-state index >= 15 is 0 Å². The van der Waals surface area contributed by atoms with Gasteiger partial charge in [0.15, 0.2) is 0 Å². The molecule has 0 saturated carbocycles. The fourth-order valence-corrected chi connectivity index (χ4v) is 2.58. The van der Waals surface area contributed by atoms with Crippen LogP contribution in [-0.2, 0) is 11.3 Å². The van der Waals surface area contributed by atoms with Crippen LogP contribution in [0.3, 0.4) is 0 Å². The predicted octanol–water partition coefficient (Wildman–Crippen LogP) is 2.76. The molecule has 2 heterocycles. The van der Waals surface area contributed by atoms with Crippen LogP contribution in [0.5, 0.6) is 0 Å². The third-order valence-corrected chi connectivity index (χ3v) is 3.91. The van der Waals surface area contributed by atoms with Gasteiger partial charge in [-0.3, -0.25) is 9.59 Å². The normalized spacial score (nSPS) is 14.1. The van der Waals surface area contributed by atoms with E-state index in [1.807, 2.05) is 30.0 Å². The van der Waals surface area contributed by atoms with Gasteiger partial charge < -0.3 is 10.2 Å². The summed E-state index contributed by atoms with van der Waals surface area (Å²) in [5.74, 6) is 0.551. The van der Waals surface area contributed by atoms with Crippen molar-refractivity contribution in [3.8, 4) is 0 Å². The van der Waals surface area contributed by atoms with E-state index in [4.69, 9.17) is 0 Å². The van der Waals surface area contributed by atoms with Gasteiger partial charge >= 0.3 is 0 Å². The highest BCUT2D eigenvalue weighted by Crippen LogP contribution is 2.15. The van der Waals surface area contributed by atoms with Crippen molar-refractivity contribution in [1.29, 1.82) is 0 Å². The van der Waals surface area contributed by atoms with E-state index in [0.29, 0.717) is 24.3 Å². The Balaban J connectivity index is 1.63. The molecule has 0 bridgehead atoms. The second-order valence-electron chi connectivity index (χ2n) is 5.79. The van der Waals surface area contributed by atoms with Gasteiger partial charge in [-0.2, -0.15) is 0 Å². The number of pyridine rings is 1. The summed E-state index contributed by atoms with van der Waals surface area (Å²) < 4.78 is 0. The van der Waals surface area contributed by atoms with Crippen LogP contribution < -0.4 is 5.32 Å². The molecule has 3 rings (SSSR count). The van der Waals surface area contributed by atoms with Gasteiger partial charge in [0.05, 0.1) is 0 Å². The first kappa shape index (κ1) is 15.2. The van der Waals surface area contributed by atoms with Gasteiger partial charge in [0.2, 0.25) is 5.91 Å². The number of rotatable bonds is 4. The summed E-state index contributed by atoms with van der Waals surface area (Å²) in [6.45, 7) is 3.38. The third kappa shape index (κ3) is 3.74. The molecule has 5 nitrogen and oxygen atoms in total. The highest BCUT2D eigenvalue weighted by Gasteiger charge is 2.19. The SMILES string of the molecule is Cc1ccc(NC(=O)c2ccc(CN3CCCC3=O)cc2)nc1. The minimum atomic E-state index is -0.190. The van der Waals surface area contributed by atoms with E-state index in [9.17, 15) is 9.59 Å². The summed E-state index contributed by atoms with van der Waals surface area (Å²) in [4.78, 5) is 29.8. The van der Waals surface area contributed by atoms with Crippen LogP contribution in [0.25, 0.3) is 0 Å². The van der Waals surface area contributed by atoms with E-state index < -0.39 is 0 Å². The standard InChI is InChI=1S/C18H19N3O2/c1-13-4-9-16(19-11-13)20-18(23)15-7-5-14(6-8-15)12-21-10-2-3-17(21)22/h4-9,11H,2-3,10,12H2,1H3,(H,19,20,23). The predicted molar refractivity (Wildman–Crippen MR) is 88.0 cm³/mol. The maximum Gasteiger partial charge on any atom is 0.256 e. The molecule has 1 aromatic heterocycles. The second kappa shape index (κ2) is 6.60. The lowest BCUT2D eigenvalue weighted by Gasteiger charge is -2.15. The Morgan fingerprint density at radius 2 is 2.00 bits per heavy atom. The molecular formula is C18H19N3O2. The molecule has 1 aliphatic heterocycles. The Labute approximate surface area is 135 Å². The molecular weight excluding hydrogens is 290 g/mol. The lowest BCUT2D eigenvalue weighted by Crippen LogP contribution is -2.23. The van der Waals surface area contributed by atoms with Crippen molar-refractivity contribution in [3.63, 3.8) is 0 Å². The van der Waals surface area contributed by atoms with Gasteiger partial charge in [0.25, 0.3) is 5.91 Å². The minimum Gasteiger partial charge on any atom is -0.338 e. The number of aryl methyl sites for hydroxylation is 1. The zero-order valence-electron chi connectivity index (χ0n) is 13.1. The number of carbonyl (C=O) groups is 2. The molecule has 118 valence electrons. The van der Waals surface area contributed by atoms with Crippen LogP contribution >= 0.6 is 0 Å². The van der Waals surface area contributed by atoms with E-state index in [-0.39, 0.29) is 11.8 Å². The first-order valence-corrected chi connectivity index (χ1v) is 7.72. The van der Waals surface area contributed by atoms with Crippen molar-refractivity contribution < 1.29 is 9.59 Å². The molecule has 0 spiro atoms. The van der Waals surface area contributed by atoms with Crippen molar-refractivity contribution >= 4 is 17.6 Å². The molecule has 2 amide bonds. The smallest absolute Gasteiger partial charge is 0.256 e. The molecule has 0 radical (unpaired) electrons. The summed E-state index contributed by atoms with van der Waals surface area (Å²) in [5.41, 5.74) is 2.65. The van der Waals surface area contributed by atoms with Crippen molar-refractivity contribution in [3.05, 3.63) is 59.3 Å². The summed E-state index contributed by atoms with van der Waals surface area (Å²) in [6.07, 6.45) is 3.29. The first-order chi connectivity index (χ1) is 11.1. The molecule has 5 heteroatoms. The zero-order valence-corrected chi connectivity index (χ0v) is 13.1. The molecule has 0 aliphatic carbocycles. The van der Waals surface area contributed by atoms with Gasteiger partial charge in [0.1, 0.15) is 5.82 Å². The number of carbonyl (C=O) groups excluding carboxylic acids is 2. The van der Waals surface area contributed by atoms with Crippen molar-refractivity contribution in [1.82, 2.24) is 9.88 Å². The first-order valence-electron chi connectivity index (χ1n) is 7.72. The summed E-state index contributed by atoms with van der Waals surface area (Å²) in [7, 11) is 0. The highest BCUT2D eigenvalue weighted by molar-refractivity contribution is 6.03. The van der Waals surface area contributed by atoms with Crippen LogP contribution in [0, 0.1) is 6.92 Å². The Morgan fingerprint density at radius 1 is 1.22 bits per heavy atom. The Bertz CT molecular complexity index is 708. The van der Waals surface area contributed by atoms with E-state index in [1.54, 1.807) is 24.4 Å². The van der Waals surface area contributed by atoms with Gasteiger partial charge in [-0.1, -0.05) is 18.2 Å². The second-order valence-corrected chi connectivity index (χ2v) is 5.79. The Hall–Kier alpha value is -2.69. The van der Waals surface area contributed by atoms with Crippen molar-refractivity contribution in [2.75, 3.05) is 11.9 Å². The quantitative estimate of drug-likeness (QED) is 0.944. The molecule has 1 N–H and O–H groups in total. The Morgan fingerprint density at radius 3 is 2.61 bits per heavy atom. The molecule has 0 unspecified atom stereocenters. The fourth-order valence-electron chi connectivity index (χ4n) is 2.58. The minimum absolute atomic E-state index is 0.190. The van der Waals surface area contributed by atoms with Gasteiger partial charge in [0, 0.05) is 31.3 Å². The molecule has 1 aromatic carbocycles. The average molecular weight is 309 g/mol. The number of hydrogen-bond acceptors (Lipinski definition) is 3. The van der Waals surface area contributed by atoms with Gasteiger partial charge in [-0.05, 0) is 42.7 Å². The summed E-state index contributed by atoms with van der Waals surface area (Å²) in [6, 6.07) is 11.0. The van der Waals surface area contributed by atoms with Gasteiger partial charge in [-0.15, -0.1) is 0 Å². The number of nitrogens with one attached hydrogen (secondary N) is 1. The van der Waals surface area contributed by atoms with E-state index in [0.717, 1.165) is 24.1 Å². The van der Waals surface area contributed by atoms with Crippen LogP contribution in [0.15, 0.2) is 42.6 Å². The molecule has 23 heavy (non-hydrogen) atoms. The number of benzene rings is 1. The van der Waals surface area contributed by atoms with Crippen molar-refractivity contribution in [2.45, 2.75) is 26.3 Å². The number of nitrogens with zero attached hydrogens (tertiary/aromatic N) is 2. The van der Waals surface area contributed by atoms with Crippen molar-refractivity contribution in [2.24, 2.45) is 0 Å². The average Bonchev–Trinajstić information content (AvgIpc) is 2.95. The third-order valence-electron chi connectivity index (χ3n) is 3.91. The lowest BCUT2D eigenvalue weighted by molar-refractivity contribution is -0.128. The molecule has 1 saturated heterocycles. The number of amides is 2. The van der Waals surface area contributed by atoms with Crippen LogP contribution in [-0.4, -0.2) is 28.2 Å². The van der Waals surface area contributed by atoms with Gasteiger partial charge in [-0.25, -0.2) is 4.98 Å². The van der Waals surface area contributed by atoms with Crippen LogP contribution in [0.1, 0.15) is 34.3 Å².